The number of para-hydroxylation sites is 1. The van der Waals surface area contributed by atoms with Gasteiger partial charge in [-0.1, -0.05) is 64.6 Å². The molecule has 0 aromatic heterocycles. The number of hydrogen-bond acceptors (Lipinski definition) is 1. The van der Waals surface area contributed by atoms with Crippen LogP contribution in [-0.2, 0) is 21.7 Å². The first kappa shape index (κ1) is 25.5. The molecule has 0 aliphatic heterocycles. The van der Waals surface area contributed by atoms with Crippen molar-refractivity contribution < 1.29 is 51.6 Å². The maximum Gasteiger partial charge on any atom is 3.00 e. The van der Waals surface area contributed by atoms with Crippen LogP contribution in [0.2, 0.25) is 0 Å². The van der Waals surface area contributed by atoms with E-state index in [4.69, 9.17) is 5.11 Å². The Kier molecular flexibility index (Phi) is 11.4. The Balaban J connectivity index is 0.000000585. The standard InChI is InChI=1S/C17H15.C6H6O.2ClH.Ti/c1-12-7-10-17(13(12)2)16-9-8-14-5-3-4-6-15(14)11-16;7-6-4-2-1-3-5-6;;;/h3-9H,10H2,1-2H3;1-5,7H;2*1H;/q-1;;;;+3/p-2. The molecule has 27 heavy (non-hydrogen) atoms. The van der Waals surface area contributed by atoms with Crippen LogP contribution >= 0.6 is 0 Å². The molecule has 1 aliphatic rings. The van der Waals surface area contributed by atoms with Crippen molar-refractivity contribution >= 4 is 16.3 Å². The molecule has 0 spiro atoms. The minimum absolute atomic E-state index is 0. The third-order valence-corrected chi connectivity index (χ3v) is 4.40. The number of halogens is 2. The second kappa shape index (κ2) is 12.1. The van der Waals surface area contributed by atoms with E-state index >= 15 is 0 Å². The second-order valence-electron chi connectivity index (χ2n) is 5.99. The summed E-state index contributed by atoms with van der Waals surface area (Å²) in [5.41, 5.74) is 5.49. The van der Waals surface area contributed by atoms with Crippen molar-refractivity contribution in [3.8, 4) is 5.75 Å². The number of phenols is 1. The van der Waals surface area contributed by atoms with E-state index in [1.54, 1.807) is 24.3 Å². The summed E-state index contributed by atoms with van der Waals surface area (Å²) in [7, 11) is 0. The quantitative estimate of drug-likeness (QED) is 0.430. The molecule has 0 saturated heterocycles. The fraction of sp³-hybridized carbons (Fsp3) is 0.130. The summed E-state index contributed by atoms with van der Waals surface area (Å²) in [4.78, 5) is 0. The van der Waals surface area contributed by atoms with Crippen LogP contribution in [-0.4, -0.2) is 5.11 Å². The van der Waals surface area contributed by atoms with Crippen LogP contribution in [0.3, 0.4) is 0 Å². The van der Waals surface area contributed by atoms with E-state index < -0.39 is 0 Å². The molecule has 0 unspecified atom stereocenters. The zero-order valence-corrected chi connectivity index (χ0v) is 18.4. The molecule has 0 fully saturated rings. The van der Waals surface area contributed by atoms with E-state index in [1.165, 1.54) is 33.1 Å². The van der Waals surface area contributed by atoms with Crippen LogP contribution in [0.1, 0.15) is 25.8 Å². The Morgan fingerprint density at radius 3 is 2.00 bits per heavy atom. The van der Waals surface area contributed by atoms with Crippen molar-refractivity contribution in [1.29, 1.82) is 0 Å². The van der Waals surface area contributed by atoms with Crippen LogP contribution in [0, 0.1) is 6.07 Å². The molecule has 0 bridgehead atoms. The smallest absolute Gasteiger partial charge is 1.00 e. The fourth-order valence-corrected chi connectivity index (χ4v) is 2.83. The molecule has 3 aromatic carbocycles. The van der Waals surface area contributed by atoms with Crippen LogP contribution in [0.5, 0.6) is 5.75 Å². The Labute approximate surface area is 188 Å². The summed E-state index contributed by atoms with van der Waals surface area (Å²) in [5.74, 6) is 0.322. The average molecular weight is 432 g/mol. The predicted molar refractivity (Wildman–Crippen MR) is 102 cm³/mol. The fourth-order valence-electron chi connectivity index (χ4n) is 2.83. The van der Waals surface area contributed by atoms with Crippen LogP contribution < -0.4 is 24.8 Å². The topological polar surface area (TPSA) is 20.2 Å². The Morgan fingerprint density at radius 1 is 0.815 bits per heavy atom. The minimum atomic E-state index is 0. The van der Waals surface area contributed by atoms with E-state index in [2.05, 4.69) is 62.4 Å². The van der Waals surface area contributed by atoms with Crippen LogP contribution in [0.15, 0.2) is 84.0 Å². The van der Waals surface area contributed by atoms with Gasteiger partial charge in [-0.2, -0.15) is 0 Å². The summed E-state index contributed by atoms with van der Waals surface area (Å²) in [6.45, 7) is 4.39. The van der Waals surface area contributed by atoms with Crippen molar-refractivity contribution in [2.24, 2.45) is 0 Å². The summed E-state index contributed by atoms with van der Waals surface area (Å²) in [6.07, 6.45) is 3.35. The zero-order chi connectivity index (χ0) is 16.9. The molecule has 3 aromatic rings. The van der Waals surface area contributed by atoms with Crippen molar-refractivity contribution in [3.05, 3.63) is 95.6 Å². The van der Waals surface area contributed by atoms with Gasteiger partial charge >= 0.3 is 21.7 Å². The molecular formula is C23H21Cl2OTi. The monoisotopic (exact) mass is 431 g/mol. The minimum Gasteiger partial charge on any atom is -1.00 e. The number of hydrogen-bond donors (Lipinski definition) is 1. The van der Waals surface area contributed by atoms with Gasteiger partial charge in [0.1, 0.15) is 5.75 Å². The third kappa shape index (κ3) is 6.55. The summed E-state index contributed by atoms with van der Waals surface area (Å²) >= 11 is 0. The van der Waals surface area contributed by atoms with Gasteiger partial charge in [-0.3, -0.25) is 0 Å². The molecule has 0 heterocycles. The first-order valence-electron chi connectivity index (χ1n) is 8.17. The molecule has 137 valence electrons. The maximum atomic E-state index is 8.63. The normalized spacial score (nSPS) is 12.0. The Hall–Kier alpha value is -1.51. The van der Waals surface area contributed by atoms with Crippen molar-refractivity contribution in [2.75, 3.05) is 0 Å². The SMILES string of the molecule is CC1=CCC(c2[c-]c3ccccc3cc2)=C1C.Oc1ccccc1.[Cl-].[Cl-].[Ti+3]. The Morgan fingerprint density at radius 2 is 1.44 bits per heavy atom. The first-order valence-corrected chi connectivity index (χ1v) is 8.17. The van der Waals surface area contributed by atoms with Gasteiger partial charge in [0.2, 0.25) is 0 Å². The van der Waals surface area contributed by atoms with E-state index in [0.29, 0.717) is 5.75 Å². The number of allylic oxidation sites excluding steroid dienone is 4. The van der Waals surface area contributed by atoms with E-state index in [-0.39, 0.29) is 46.5 Å². The summed E-state index contributed by atoms with van der Waals surface area (Å²) in [5, 5.41) is 11.1. The summed E-state index contributed by atoms with van der Waals surface area (Å²) in [6, 6.07) is 25.0. The molecule has 0 saturated carbocycles. The average Bonchev–Trinajstić information content (AvgIpc) is 2.95. The third-order valence-electron chi connectivity index (χ3n) is 4.40. The molecule has 4 rings (SSSR count). The molecule has 1 nitrogen and oxygen atoms in total. The van der Waals surface area contributed by atoms with E-state index in [1.807, 2.05) is 6.07 Å². The molecule has 1 N–H and O–H groups in total. The molecule has 0 atom stereocenters. The van der Waals surface area contributed by atoms with Gasteiger partial charge < -0.3 is 29.9 Å². The zero-order valence-electron chi connectivity index (χ0n) is 15.3. The molecule has 1 radical (unpaired) electrons. The number of aromatic hydroxyl groups is 1. The second-order valence-corrected chi connectivity index (χ2v) is 5.99. The largest absolute Gasteiger partial charge is 3.00 e. The molecule has 1 aliphatic carbocycles. The van der Waals surface area contributed by atoms with Crippen molar-refractivity contribution in [2.45, 2.75) is 20.3 Å². The van der Waals surface area contributed by atoms with Crippen LogP contribution in [0.4, 0.5) is 0 Å². The van der Waals surface area contributed by atoms with Gasteiger partial charge in [0, 0.05) is 0 Å². The maximum absolute atomic E-state index is 8.63. The molecular weight excluding hydrogens is 411 g/mol. The van der Waals surface area contributed by atoms with Gasteiger partial charge in [-0.05, 0) is 32.4 Å². The van der Waals surface area contributed by atoms with Crippen molar-refractivity contribution in [3.63, 3.8) is 0 Å². The van der Waals surface area contributed by atoms with Crippen LogP contribution in [0.25, 0.3) is 16.3 Å². The van der Waals surface area contributed by atoms with Gasteiger partial charge in [-0.25, -0.2) is 0 Å². The number of benzene rings is 3. The van der Waals surface area contributed by atoms with Crippen molar-refractivity contribution in [1.82, 2.24) is 0 Å². The number of rotatable bonds is 1. The van der Waals surface area contributed by atoms with Gasteiger partial charge in [0.25, 0.3) is 0 Å². The van der Waals surface area contributed by atoms with Gasteiger partial charge in [-0.15, -0.1) is 35.2 Å². The molecule has 4 heteroatoms. The molecule has 0 amide bonds. The Bertz CT molecular complexity index is 918. The number of fused-ring (bicyclic) bond motifs is 1. The van der Waals surface area contributed by atoms with Gasteiger partial charge in [0.05, 0.1) is 0 Å². The first-order chi connectivity index (χ1) is 11.6. The van der Waals surface area contributed by atoms with E-state index in [0.717, 1.165) is 6.42 Å². The summed E-state index contributed by atoms with van der Waals surface area (Å²) < 4.78 is 0. The van der Waals surface area contributed by atoms with E-state index in [9.17, 15) is 0 Å². The number of phenolic OH excluding ortho intramolecular Hbond substituents is 1. The van der Waals surface area contributed by atoms with Gasteiger partial charge in [0.15, 0.2) is 0 Å². The predicted octanol–water partition coefficient (Wildman–Crippen LogP) is 0.161.